The molecule has 0 N–H and O–H groups in total. The highest BCUT2D eigenvalue weighted by molar-refractivity contribution is 5.92. The maximum Gasteiger partial charge on any atom is 0.274 e. The molecule has 24 heavy (non-hydrogen) atoms. The monoisotopic (exact) mass is 332 g/mol. The zero-order valence-corrected chi connectivity index (χ0v) is 14.8. The third kappa shape index (κ3) is 5.28. The number of likely N-dealkylation sites (tertiary alicyclic amines) is 1. The van der Waals surface area contributed by atoms with Crippen LogP contribution in [0.25, 0.3) is 0 Å². The molecule has 0 bridgehead atoms. The molecule has 0 atom stereocenters. The van der Waals surface area contributed by atoms with Crippen LogP contribution in [0.5, 0.6) is 0 Å². The topological polar surface area (TPSA) is 66.4 Å². The van der Waals surface area contributed by atoms with E-state index in [0.29, 0.717) is 31.1 Å². The Hall–Kier alpha value is -1.98. The van der Waals surface area contributed by atoms with Crippen molar-refractivity contribution in [1.29, 1.82) is 0 Å². The van der Waals surface area contributed by atoms with Gasteiger partial charge < -0.3 is 9.80 Å². The fraction of sp³-hybridized carbons (Fsp3) is 0.667. The van der Waals surface area contributed by atoms with Crippen molar-refractivity contribution < 1.29 is 9.59 Å². The number of hydrogen-bond donors (Lipinski definition) is 0. The lowest BCUT2D eigenvalue weighted by Gasteiger charge is -2.31. The van der Waals surface area contributed by atoms with Crippen LogP contribution in [-0.2, 0) is 4.79 Å². The van der Waals surface area contributed by atoms with Crippen LogP contribution in [0.3, 0.4) is 0 Å². The molecule has 1 aromatic heterocycles. The van der Waals surface area contributed by atoms with Crippen molar-refractivity contribution >= 4 is 11.8 Å². The average molecular weight is 332 g/mol. The molecule has 1 aromatic rings. The Morgan fingerprint density at radius 2 is 2.00 bits per heavy atom. The van der Waals surface area contributed by atoms with Crippen LogP contribution >= 0.6 is 0 Å². The van der Waals surface area contributed by atoms with E-state index < -0.39 is 0 Å². The molecule has 0 aromatic carbocycles. The van der Waals surface area contributed by atoms with Crippen LogP contribution < -0.4 is 0 Å². The van der Waals surface area contributed by atoms with E-state index in [1.54, 1.807) is 11.1 Å². The molecule has 0 saturated carbocycles. The van der Waals surface area contributed by atoms with Crippen molar-refractivity contribution in [2.75, 3.05) is 26.2 Å². The van der Waals surface area contributed by atoms with Crippen molar-refractivity contribution in [3.05, 3.63) is 24.3 Å². The molecule has 1 aliphatic rings. The summed E-state index contributed by atoms with van der Waals surface area (Å²) in [5, 5.41) is 0. The number of rotatable bonds is 7. The summed E-state index contributed by atoms with van der Waals surface area (Å²) in [6.45, 7) is 7.09. The Bertz CT molecular complexity index is 527. The first kappa shape index (κ1) is 18.4. The van der Waals surface area contributed by atoms with Crippen LogP contribution in [-0.4, -0.2) is 57.8 Å². The summed E-state index contributed by atoms with van der Waals surface area (Å²) in [6, 6.07) is 0. The molecule has 6 heteroatoms. The van der Waals surface area contributed by atoms with E-state index in [4.69, 9.17) is 0 Å². The van der Waals surface area contributed by atoms with Gasteiger partial charge in [0.25, 0.3) is 5.91 Å². The summed E-state index contributed by atoms with van der Waals surface area (Å²) < 4.78 is 0. The third-order valence-corrected chi connectivity index (χ3v) is 4.58. The second-order valence-corrected chi connectivity index (χ2v) is 6.55. The summed E-state index contributed by atoms with van der Waals surface area (Å²) in [5.41, 5.74) is 0.341. The Kier molecular flexibility index (Phi) is 7.15. The van der Waals surface area contributed by atoms with Crippen LogP contribution in [0.15, 0.2) is 18.6 Å². The normalized spacial score (nSPS) is 15.3. The van der Waals surface area contributed by atoms with Crippen LogP contribution in [0.2, 0.25) is 0 Å². The van der Waals surface area contributed by atoms with Gasteiger partial charge >= 0.3 is 0 Å². The fourth-order valence-electron chi connectivity index (χ4n) is 2.88. The highest BCUT2D eigenvalue weighted by atomic mass is 16.2. The van der Waals surface area contributed by atoms with Crippen molar-refractivity contribution in [3.63, 3.8) is 0 Å². The molecular formula is C18H28N4O2. The van der Waals surface area contributed by atoms with Crippen molar-refractivity contribution in [2.24, 2.45) is 5.92 Å². The molecule has 1 saturated heterocycles. The second kappa shape index (κ2) is 9.35. The molecule has 0 aliphatic carbocycles. The van der Waals surface area contributed by atoms with Gasteiger partial charge in [-0.1, -0.05) is 20.3 Å². The number of nitrogens with zero attached hydrogens (tertiary/aromatic N) is 4. The van der Waals surface area contributed by atoms with Gasteiger partial charge in [-0.25, -0.2) is 4.98 Å². The number of carbonyl (C=O) groups excluding carboxylic acids is 2. The first-order valence-corrected chi connectivity index (χ1v) is 8.95. The van der Waals surface area contributed by atoms with E-state index in [2.05, 4.69) is 23.8 Å². The first-order chi connectivity index (χ1) is 11.6. The molecule has 1 fully saturated rings. The molecule has 0 radical (unpaired) electrons. The van der Waals surface area contributed by atoms with Crippen LogP contribution in [0, 0.1) is 5.92 Å². The van der Waals surface area contributed by atoms with Gasteiger partial charge in [0.15, 0.2) is 0 Å². The van der Waals surface area contributed by atoms with Crippen LogP contribution in [0.1, 0.15) is 56.4 Å². The minimum absolute atomic E-state index is 0.142. The molecule has 1 aliphatic heterocycles. The molecule has 6 nitrogen and oxygen atoms in total. The number of unbranched alkanes of at least 4 members (excludes halogenated alkanes) is 1. The van der Waals surface area contributed by atoms with E-state index in [0.717, 1.165) is 38.8 Å². The number of hydrogen-bond acceptors (Lipinski definition) is 4. The van der Waals surface area contributed by atoms with E-state index in [-0.39, 0.29) is 11.8 Å². The van der Waals surface area contributed by atoms with E-state index in [9.17, 15) is 9.59 Å². The zero-order valence-electron chi connectivity index (χ0n) is 14.8. The number of aromatic nitrogens is 2. The average Bonchev–Trinajstić information content (AvgIpc) is 2.62. The summed E-state index contributed by atoms with van der Waals surface area (Å²) >= 11 is 0. The van der Waals surface area contributed by atoms with Crippen LogP contribution in [0.4, 0.5) is 0 Å². The number of piperidine rings is 1. The highest BCUT2D eigenvalue weighted by Gasteiger charge is 2.22. The van der Waals surface area contributed by atoms with Crippen molar-refractivity contribution in [2.45, 2.75) is 46.0 Å². The van der Waals surface area contributed by atoms with Crippen molar-refractivity contribution in [3.8, 4) is 0 Å². The van der Waals surface area contributed by atoms with Gasteiger partial charge in [-0.15, -0.1) is 0 Å². The van der Waals surface area contributed by atoms with Gasteiger partial charge in [-0.05, 0) is 25.2 Å². The SMILES string of the molecule is CCCCN(CCC(=O)N1CCC(C)CC1)C(=O)c1cnccn1. The zero-order chi connectivity index (χ0) is 17.4. The van der Waals surface area contributed by atoms with Gasteiger partial charge in [0.1, 0.15) is 5.69 Å². The van der Waals surface area contributed by atoms with Gasteiger partial charge in [-0.2, -0.15) is 0 Å². The largest absolute Gasteiger partial charge is 0.343 e. The maximum atomic E-state index is 12.6. The molecule has 0 spiro atoms. The molecule has 132 valence electrons. The molecule has 2 amide bonds. The Morgan fingerprint density at radius 1 is 1.25 bits per heavy atom. The van der Waals surface area contributed by atoms with Gasteiger partial charge in [0.2, 0.25) is 5.91 Å². The van der Waals surface area contributed by atoms with Gasteiger partial charge in [0.05, 0.1) is 6.20 Å². The molecule has 0 unspecified atom stereocenters. The molecular weight excluding hydrogens is 304 g/mol. The second-order valence-electron chi connectivity index (χ2n) is 6.55. The lowest BCUT2D eigenvalue weighted by Crippen LogP contribution is -2.41. The summed E-state index contributed by atoms with van der Waals surface area (Å²) in [6.07, 6.45) is 9.00. The molecule has 2 heterocycles. The summed E-state index contributed by atoms with van der Waals surface area (Å²) in [5.74, 6) is 0.709. The Morgan fingerprint density at radius 3 is 2.62 bits per heavy atom. The highest BCUT2D eigenvalue weighted by Crippen LogP contribution is 2.16. The van der Waals surface area contributed by atoms with E-state index in [1.165, 1.54) is 12.4 Å². The first-order valence-electron chi connectivity index (χ1n) is 8.95. The third-order valence-electron chi connectivity index (χ3n) is 4.58. The quantitative estimate of drug-likeness (QED) is 0.769. The Balaban J connectivity index is 1.91. The predicted octanol–water partition coefficient (Wildman–Crippen LogP) is 2.37. The number of amides is 2. The van der Waals surface area contributed by atoms with Gasteiger partial charge in [-0.3, -0.25) is 14.6 Å². The maximum absolute atomic E-state index is 12.6. The minimum atomic E-state index is -0.142. The van der Waals surface area contributed by atoms with Crippen molar-refractivity contribution in [1.82, 2.24) is 19.8 Å². The lowest BCUT2D eigenvalue weighted by molar-refractivity contribution is -0.132. The lowest BCUT2D eigenvalue weighted by atomic mass is 9.99. The van der Waals surface area contributed by atoms with Gasteiger partial charge in [0, 0.05) is 45.0 Å². The standard InChI is InChI=1S/C18H28N4O2/c1-3-4-10-22(18(24)16-14-19-8-9-20-16)13-7-17(23)21-11-5-15(2)6-12-21/h8-9,14-15H,3-7,10-13H2,1-2H3. The summed E-state index contributed by atoms with van der Waals surface area (Å²) in [4.78, 5) is 36.7. The molecule has 2 rings (SSSR count). The smallest absolute Gasteiger partial charge is 0.274 e. The fourth-order valence-corrected chi connectivity index (χ4v) is 2.88. The number of carbonyl (C=O) groups is 2. The van der Waals surface area contributed by atoms with E-state index in [1.807, 2.05) is 4.90 Å². The van der Waals surface area contributed by atoms with E-state index >= 15 is 0 Å². The predicted molar refractivity (Wildman–Crippen MR) is 92.4 cm³/mol. The Labute approximate surface area is 144 Å². The summed E-state index contributed by atoms with van der Waals surface area (Å²) in [7, 11) is 0. The minimum Gasteiger partial charge on any atom is -0.343 e.